The van der Waals surface area contributed by atoms with Crippen LogP contribution in [0.5, 0.6) is 0 Å². The monoisotopic (exact) mass is 603 g/mol. The van der Waals surface area contributed by atoms with Gasteiger partial charge in [0.15, 0.2) is 0 Å². The van der Waals surface area contributed by atoms with Crippen molar-refractivity contribution in [3.8, 4) is 0 Å². The van der Waals surface area contributed by atoms with E-state index >= 15 is 0 Å². The van der Waals surface area contributed by atoms with Crippen LogP contribution in [0, 0.1) is 0 Å². The molecule has 0 radical (unpaired) electrons. The second-order valence-electron chi connectivity index (χ2n) is 10.3. The summed E-state index contributed by atoms with van der Waals surface area (Å²) in [5.74, 6) is -0.728. The summed E-state index contributed by atoms with van der Waals surface area (Å²) in [6.45, 7) is 1.46. The van der Waals surface area contributed by atoms with E-state index in [2.05, 4.69) is 5.32 Å². The minimum Gasteiger partial charge on any atom is -0.352 e. The molecule has 1 saturated carbocycles. The fourth-order valence-electron chi connectivity index (χ4n) is 5.32. The Labute approximate surface area is 246 Å². The highest BCUT2D eigenvalue weighted by atomic mass is 35.5. The number of halogens is 2. The molecular weight excluding hydrogens is 569 g/mol. The summed E-state index contributed by atoms with van der Waals surface area (Å²) in [6.07, 6.45) is 6.53. The lowest BCUT2D eigenvalue weighted by molar-refractivity contribution is -0.140. The average Bonchev–Trinajstić information content (AvgIpc) is 2.93. The highest BCUT2D eigenvalue weighted by Crippen LogP contribution is 2.29. The van der Waals surface area contributed by atoms with Crippen LogP contribution in [0.1, 0.15) is 51.0 Å². The maximum absolute atomic E-state index is 14.0. The zero-order valence-corrected chi connectivity index (χ0v) is 25.1. The summed E-state index contributed by atoms with van der Waals surface area (Å²) < 4.78 is 27.2. The van der Waals surface area contributed by atoms with Crippen molar-refractivity contribution in [1.82, 2.24) is 10.2 Å². The molecule has 0 aliphatic heterocycles. The van der Waals surface area contributed by atoms with Crippen LogP contribution in [0.15, 0.2) is 60.7 Å². The van der Waals surface area contributed by atoms with Crippen molar-refractivity contribution in [3.05, 3.63) is 76.3 Å². The molecule has 0 spiro atoms. The lowest BCUT2D eigenvalue weighted by Crippen LogP contribution is -2.54. The highest BCUT2D eigenvalue weighted by Gasteiger charge is 2.33. The number of amides is 2. The Morgan fingerprint density at radius 1 is 0.975 bits per heavy atom. The molecule has 1 aliphatic carbocycles. The third-order valence-corrected chi connectivity index (χ3v) is 9.25. The number of nitrogens with one attached hydrogen (secondary N) is 1. The van der Waals surface area contributed by atoms with Crippen LogP contribution in [-0.2, 0) is 26.2 Å². The summed E-state index contributed by atoms with van der Waals surface area (Å²) in [4.78, 5) is 29.0. The van der Waals surface area contributed by atoms with Gasteiger partial charge in [-0.05, 0) is 48.4 Å². The second kappa shape index (κ2) is 13.2. The number of rotatable bonds is 10. The molecule has 7 nitrogen and oxygen atoms in total. The molecular formula is C30H35Cl2N3O4S. The molecule has 1 aliphatic rings. The largest absolute Gasteiger partial charge is 0.352 e. The van der Waals surface area contributed by atoms with Crippen molar-refractivity contribution < 1.29 is 18.0 Å². The maximum Gasteiger partial charge on any atom is 0.244 e. The van der Waals surface area contributed by atoms with E-state index in [1.54, 1.807) is 30.3 Å². The van der Waals surface area contributed by atoms with Crippen molar-refractivity contribution in [2.45, 2.75) is 64.1 Å². The van der Waals surface area contributed by atoms with Gasteiger partial charge >= 0.3 is 0 Å². The number of sulfonamides is 1. The Kier molecular flexibility index (Phi) is 9.98. The van der Waals surface area contributed by atoms with E-state index in [9.17, 15) is 18.0 Å². The van der Waals surface area contributed by atoms with E-state index < -0.39 is 28.5 Å². The van der Waals surface area contributed by atoms with Gasteiger partial charge in [-0.2, -0.15) is 0 Å². The van der Waals surface area contributed by atoms with Crippen LogP contribution in [0.2, 0.25) is 10.0 Å². The summed E-state index contributed by atoms with van der Waals surface area (Å²) in [6, 6.07) is 17.1. The molecule has 1 atom stereocenters. The third-order valence-electron chi connectivity index (χ3n) is 7.39. The van der Waals surface area contributed by atoms with Gasteiger partial charge in [-0.15, -0.1) is 0 Å². The molecule has 214 valence electrons. The van der Waals surface area contributed by atoms with Gasteiger partial charge in [-0.1, -0.05) is 91.9 Å². The number of carbonyl (C=O) groups is 2. The van der Waals surface area contributed by atoms with Gasteiger partial charge in [0.05, 0.1) is 22.0 Å². The number of carbonyl (C=O) groups excluding carboxylic acids is 2. The van der Waals surface area contributed by atoms with Crippen LogP contribution in [-0.4, -0.2) is 50.0 Å². The van der Waals surface area contributed by atoms with Crippen molar-refractivity contribution in [2.75, 3.05) is 17.1 Å². The summed E-state index contributed by atoms with van der Waals surface area (Å²) in [5, 5.41) is 5.41. The van der Waals surface area contributed by atoms with Crippen LogP contribution in [0.4, 0.5) is 5.69 Å². The molecule has 3 aromatic rings. The van der Waals surface area contributed by atoms with Crippen molar-refractivity contribution in [3.63, 3.8) is 0 Å². The molecule has 0 bridgehead atoms. The Balaban J connectivity index is 1.69. The molecule has 10 heteroatoms. The Morgan fingerprint density at radius 2 is 1.68 bits per heavy atom. The first kappa shape index (κ1) is 30.2. The maximum atomic E-state index is 14.0. The van der Waals surface area contributed by atoms with Crippen LogP contribution < -0.4 is 9.62 Å². The number of fused-ring (bicyclic) bond motifs is 1. The molecule has 1 N–H and O–H groups in total. The zero-order valence-electron chi connectivity index (χ0n) is 22.8. The lowest BCUT2D eigenvalue weighted by atomic mass is 9.95. The van der Waals surface area contributed by atoms with E-state index in [0.717, 1.165) is 48.1 Å². The van der Waals surface area contributed by atoms with E-state index in [1.165, 1.54) is 4.90 Å². The Morgan fingerprint density at radius 3 is 2.35 bits per heavy atom. The van der Waals surface area contributed by atoms with E-state index in [-0.39, 0.29) is 18.5 Å². The van der Waals surface area contributed by atoms with Gasteiger partial charge in [0.1, 0.15) is 12.6 Å². The fourth-order valence-corrected chi connectivity index (χ4v) is 6.50. The summed E-state index contributed by atoms with van der Waals surface area (Å²) in [5.41, 5.74) is 1.09. The first-order chi connectivity index (χ1) is 19.1. The third kappa shape index (κ3) is 7.28. The number of hydrogen-bond donors (Lipinski definition) is 1. The van der Waals surface area contributed by atoms with Gasteiger partial charge < -0.3 is 10.2 Å². The number of anilines is 1. The topological polar surface area (TPSA) is 86.8 Å². The summed E-state index contributed by atoms with van der Waals surface area (Å²) in [7, 11) is -3.85. The minimum atomic E-state index is -3.85. The minimum absolute atomic E-state index is 0.0689. The Bertz CT molecular complexity index is 1470. The quantitative estimate of drug-likeness (QED) is 0.300. The van der Waals surface area contributed by atoms with Crippen LogP contribution in [0.25, 0.3) is 10.8 Å². The molecule has 0 aromatic heterocycles. The van der Waals surface area contributed by atoms with Crippen LogP contribution >= 0.6 is 23.2 Å². The SMILES string of the molecule is CCC(C(=O)NC1CCCCC1)N(Cc1ccc(Cl)c(Cl)c1)C(=O)CN(c1cccc2ccccc12)S(C)(=O)=O. The Hall–Kier alpha value is -2.81. The van der Waals surface area contributed by atoms with Gasteiger partial charge in [0.2, 0.25) is 21.8 Å². The average molecular weight is 605 g/mol. The highest BCUT2D eigenvalue weighted by molar-refractivity contribution is 7.92. The summed E-state index contributed by atoms with van der Waals surface area (Å²) >= 11 is 12.4. The first-order valence-electron chi connectivity index (χ1n) is 13.6. The number of nitrogens with zero attached hydrogens (tertiary/aromatic N) is 2. The normalized spacial score (nSPS) is 15.0. The van der Waals surface area contributed by atoms with E-state index in [0.29, 0.717) is 33.1 Å². The first-order valence-corrected chi connectivity index (χ1v) is 16.2. The van der Waals surface area contributed by atoms with E-state index in [1.807, 2.05) is 37.3 Å². The smallest absolute Gasteiger partial charge is 0.244 e. The standard InChI is InChI=1S/C30H35Cl2N3O4S/c1-3-27(30(37)33-23-12-5-4-6-13-23)34(19-21-16-17-25(31)26(32)18-21)29(36)20-35(40(2,38)39)28-15-9-11-22-10-7-8-14-24(22)28/h7-11,14-18,23,27H,3-6,12-13,19-20H2,1-2H3,(H,33,37). The van der Waals surface area contributed by atoms with Crippen molar-refractivity contribution in [1.29, 1.82) is 0 Å². The van der Waals surface area contributed by atoms with E-state index in [4.69, 9.17) is 23.2 Å². The molecule has 0 heterocycles. The van der Waals surface area contributed by atoms with Gasteiger partial charge in [0.25, 0.3) is 0 Å². The number of hydrogen-bond acceptors (Lipinski definition) is 4. The molecule has 1 fully saturated rings. The molecule has 2 amide bonds. The fraction of sp³-hybridized carbons (Fsp3) is 0.400. The van der Waals surface area contributed by atoms with Crippen LogP contribution in [0.3, 0.4) is 0 Å². The lowest BCUT2D eigenvalue weighted by Gasteiger charge is -2.34. The number of benzene rings is 3. The predicted octanol–water partition coefficient (Wildman–Crippen LogP) is 6.17. The van der Waals surface area contributed by atoms with Crippen molar-refractivity contribution >= 4 is 61.5 Å². The predicted molar refractivity (Wildman–Crippen MR) is 162 cm³/mol. The molecule has 0 saturated heterocycles. The molecule has 3 aromatic carbocycles. The van der Waals surface area contributed by atoms with Gasteiger partial charge in [0, 0.05) is 18.0 Å². The van der Waals surface area contributed by atoms with Gasteiger partial charge in [-0.25, -0.2) is 8.42 Å². The molecule has 40 heavy (non-hydrogen) atoms. The second-order valence-corrected chi connectivity index (χ2v) is 13.0. The van der Waals surface area contributed by atoms with Gasteiger partial charge in [-0.3, -0.25) is 13.9 Å². The van der Waals surface area contributed by atoms with Crippen molar-refractivity contribution in [2.24, 2.45) is 0 Å². The zero-order chi connectivity index (χ0) is 28.9. The molecule has 4 rings (SSSR count). The molecule has 1 unspecified atom stereocenters.